The first-order valence-corrected chi connectivity index (χ1v) is 8.10. The molecule has 0 saturated carbocycles. The van der Waals surface area contributed by atoms with Crippen LogP contribution < -0.4 is 5.73 Å². The highest BCUT2D eigenvalue weighted by Gasteiger charge is 2.66. The van der Waals surface area contributed by atoms with Gasteiger partial charge in [0.25, 0.3) is 0 Å². The molecule has 0 radical (unpaired) electrons. The highest BCUT2D eigenvalue weighted by atomic mass is 32.5. The van der Waals surface area contributed by atoms with E-state index in [1.54, 1.807) is 36.7 Å². The zero-order valence-corrected chi connectivity index (χ0v) is 11.8. The molecule has 0 amide bonds. The largest absolute Gasteiger partial charge is 0.398 e. The summed E-state index contributed by atoms with van der Waals surface area (Å²) in [5.41, 5.74) is 4.10. The Morgan fingerprint density at radius 2 is 1.36 bits per heavy atom. The molecule has 0 aliphatic carbocycles. The fraction of sp³-hybridized carbons (Fsp3) is 0. The van der Waals surface area contributed by atoms with E-state index < -0.39 is 20.8 Å². The van der Waals surface area contributed by atoms with Crippen molar-refractivity contribution in [1.29, 1.82) is 0 Å². The van der Waals surface area contributed by atoms with E-state index in [-0.39, 0.29) is 5.69 Å². The van der Waals surface area contributed by atoms with E-state index in [0.29, 0.717) is 6.07 Å². The first-order chi connectivity index (χ1) is 9.94. The lowest BCUT2D eigenvalue weighted by Gasteiger charge is -2.41. The summed E-state index contributed by atoms with van der Waals surface area (Å²) in [6.07, 6.45) is 3.13. The standard InChI is InChI=1S/C14H11F5N2S/c15-22(16,17,18,19)14-7-12(5-6-13(14)20)21-8-10-3-1-2-4-11(10)9-21/h1-9H,20H2. The number of nitrogens with two attached hydrogens (primary N) is 1. The third-order valence-electron chi connectivity index (χ3n) is 3.26. The maximum Gasteiger partial charge on any atom is 0.312 e. The second kappa shape index (κ2) is 3.75. The Morgan fingerprint density at radius 3 is 1.86 bits per heavy atom. The van der Waals surface area contributed by atoms with Gasteiger partial charge in [-0.25, -0.2) is 0 Å². The zero-order valence-electron chi connectivity index (χ0n) is 11.0. The van der Waals surface area contributed by atoms with Gasteiger partial charge in [0.15, 0.2) is 0 Å². The molecule has 2 N–H and O–H groups in total. The smallest absolute Gasteiger partial charge is 0.312 e. The lowest BCUT2D eigenvalue weighted by atomic mass is 10.2. The molecule has 8 heteroatoms. The fourth-order valence-corrected chi connectivity index (χ4v) is 3.11. The van der Waals surface area contributed by atoms with Crippen molar-refractivity contribution >= 4 is 26.7 Å². The highest BCUT2D eigenvalue weighted by molar-refractivity contribution is 8.45. The molecule has 0 bridgehead atoms. The summed E-state index contributed by atoms with van der Waals surface area (Å²) in [4.78, 5) is -2.06. The summed E-state index contributed by atoms with van der Waals surface area (Å²) < 4.78 is 66.5. The molecule has 0 spiro atoms. The monoisotopic (exact) mass is 334 g/mol. The molecule has 22 heavy (non-hydrogen) atoms. The van der Waals surface area contributed by atoms with Crippen molar-refractivity contribution in [2.24, 2.45) is 0 Å². The molecule has 1 aromatic heterocycles. The Morgan fingerprint density at radius 1 is 0.818 bits per heavy atom. The first-order valence-electron chi connectivity index (χ1n) is 6.15. The highest BCUT2D eigenvalue weighted by Crippen LogP contribution is 3.02. The van der Waals surface area contributed by atoms with Crippen molar-refractivity contribution in [3.63, 3.8) is 0 Å². The number of anilines is 1. The number of halogens is 5. The Balaban J connectivity index is 2.22. The SMILES string of the molecule is Nc1ccc(-n2cc3ccccc3c2)cc1S(F)(F)(F)(F)F. The zero-order chi connectivity index (χ0) is 16.2. The Kier molecular flexibility index (Phi) is 2.51. The minimum absolute atomic E-state index is 0.0337. The van der Waals surface area contributed by atoms with Crippen molar-refractivity contribution < 1.29 is 19.4 Å². The van der Waals surface area contributed by atoms with Gasteiger partial charge in [-0.05, 0) is 29.0 Å². The Hall–Kier alpha value is -2.22. The van der Waals surface area contributed by atoms with Crippen LogP contribution in [0.3, 0.4) is 0 Å². The van der Waals surface area contributed by atoms with Crippen molar-refractivity contribution in [1.82, 2.24) is 4.57 Å². The number of rotatable bonds is 2. The number of hydrogen-bond donors (Lipinski definition) is 1. The van der Waals surface area contributed by atoms with Crippen LogP contribution in [0.5, 0.6) is 0 Å². The van der Waals surface area contributed by atoms with Crippen LogP contribution >= 0.6 is 10.2 Å². The minimum atomic E-state index is -9.83. The lowest BCUT2D eigenvalue weighted by molar-refractivity contribution is 0.364. The van der Waals surface area contributed by atoms with Gasteiger partial charge >= 0.3 is 10.2 Å². The molecule has 1 heterocycles. The van der Waals surface area contributed by atoms with Crippen molar-refractivity contribution in [2.45, 2.75) is 4.90 Å². The average molecular weight is 334 g/mol. The molecule has 0 fully saturated rings. The molecule has 0 aliphatic heterocycles. The van der Waals surface area contributed by atoms with Crippen LogP contribution in [0.2, 0.25) is 0 Å². The quantitative estimate of drug-likeness (QED) is 0.461. The second-order valence-corrected chi connectivity index (χ2v) is 7.36. The van der Waals surface area contributed by atoms with Crippen LogP contribution in [0.1, 0.15) is 0 Å². The average Bonchev–Trinajstić information content (AvgIpc) is 2.79. The molecule has 118 valence electrons. The summed E-state index contributed by atoms with van der Waals surface area (Å²) in [5.74, 6) is 0. The van der Waals surface area contributed by atoms with Gasteiger partial charge in [0.05, 0.1) is 5.69 Å². The molecule has 0 aliphatic rings. The number of fused-ring (bicyclic) bond motifs is 1. The molecular formula is C14H11F5N2S. The van der Waals surface area contributed by atoms with Gasteiger partial charge in [-0.15, -0.1) is 0 Å². The predicted octanol–water partition coefficient (Wildman–Crippen LogP) is 5.87. The van der Waals surface area contributed by atoms with Gasteiger partial charge in [-0.1, -0.05) is 43.7 Å². The van der Waals surface area contributed by atoms with Gasteiger partial charge < -0.3 is 10.3 Å². The maximum absolute atomic E-state index is 13.0. The van der Waals surface area contributed by atoms with Crippen LogP contribution in [-0.2, 0) is 0 Å². The van der Waals surface area contributed by atoms with Gasteiger partial charge in [0.1, 0.15) is 4.90 Å². The molecule has 0 saturated heterocycles. The fourth-order valence-electron chi connectivity index (χ4n) is 2.25. The predicted molar refractivity (Wildman–Crippen MR) is 79.1 cm³/mol. The lowest BCUT2D eigenvalue weighted by Crippen LogP contribution is -2.10. The minimum Gasteiger partial charge on any atom is -0.398 e. The maximum atomic E-state index is 13.0. The van der Waals surface area contributed by atoms with E-state index in [1.165, 1.54) is 10.6 Å². The van der Waals surface area contributed by atoms with Crippen LogP contribution in [0.25, 0.3) is 16.5 Å². The summed E-state index contributed by atoms with van der Waals surface area (Å²) >= 11 is 0. The van der Waals surface area contributed by atoms with E-state index in [1.807, 2.05) is 0 Å². The van der Waals surface area contributed by atoms with Crippen molar-refractivity contribution in [3.8, 4) is 5.69 Å². The molecule has 0 atom stereocenters. The second-order valence-electron chi connectivity index (χ2n) is 4.99. The van der Waals surface area contributed by atoms with Crippen LogP contribution in [0, 0.1) is 0 Å². The molecule has 2 aromatic carbocycles. The van der Waals surface area contributed by atoms with E-state index in [2.05, 4.69) is 0 Å². The van der Waals surface area contributed by atoms with Crippen LogP contribution in [0.4, 0.5) is 25.1 Å². The third-order valence-corrected chi connectivity index (χ3v) is 4.45. The summed E-state index contributed by atoms with van der Waals surface area (Å²) in [5, 5.41) is 1.57. The molecule has 3 rings (SSSR count). The number of hydrogen-bond acceptors (Lipinski definition) is 1. The van der Waals surface area contributed by atoms with E-state index >= 15 is 0 Å². The first kappa shape index (κ1) is 14.7. The Bertz CT molecular complexity index is 851. The van der Waals surface area contributed by atoms with Crippen LogP contribution in [-0.4, -0.2) is 4.57 Å². The van der Waals surface area contributed by atoms with Gasteiger partial charge in [-0.3, -0.25) is 0 Å². The van der Waals surface area contributed by atoms with E-state index in [4.69, 9.17) is 5.73 Å². The number of nitrogens with zero attached hydrogens (tertiary/aromatic N) is 1. The normalized spacial score (nSPS) is 15.5. The van der Waals surface area contributed by atoms with E-state index in [9.17, 15) is 19.4 Å². The number of nitrogen functional groups attached to an aromatic ring is 1. The summed E-state index contributed by atoms with van der Waals surface area (Å²) in [7, 11) is -9.83. The Labute approximate surface area is 122 Å². The van der Waals surface area contributed by atoms with Gasteiger partial charge in [-0.2, -0.15) is 0 Å². The molecule has 2 nitrogen and oxygen atoms in total. The molecular weight excluding hydrogens is 323 g/mol. The molecule has 3 aromatic rings. The van der Waals surface area contributed by atoms with Gasteiger partial charge in [0.2, 0.25) is 0 Å². The van der Waals surface area contributed by atoms with Crippen LogP contribution in [0.15, 0.2) is 59.8 Å². The third kappa shape index (κ3) is 2.61. The van der Waals surface area contributed by atoms with E-state index in [0.717, 1.165) is 16.8 Å². The molecule has 0 unspecified atom stereocenters. The number of aromatic nitrogens is 1. The van der Waals surface area contributed by atoms with Crippen molar-refractivity contribution in [2.75, 3.05) is 5.73 Å². The summed E-state index contributed by atoms with van der Waals surface area (Å²) in [6, 6.07) is 9.58. The van der Waals surface area contributed by atoms with Gasteiger partial charge in [0, 0.05) is 18.1 Å². The van der Waals surface area contributed by atoms with Crippen molar-refractivity contribution in [3.05, 3.63) is 54.9 Å². The summed E-state index contributed by atoms with van der Waals surface area (Å²) in [6.45, 7) is 0. The topological polar surface area (TPSA) is 30.9 Å². The number of benzene rings is 2.